The van der Waals surface area contributed by atoms with Crippen LogP contribution in [-0.4, -0.2) is 29.2 Å². The Labute approximate surface area is 150 Å². The molecule has 1 heterocycles. The molecule has 0 aliphatic rings. The number of aromatic nitrogens is 2. The highest BCUT2D eigenvalue weighted by molar-refractivity contribution is 7.92. The van der Waals surface area contributed by atoms with Crippen molar-refractivity contribution >= 4 is 32.5 Å². The van der Waals surface area contributed by atoms with Gasteiger partial charge in [0.25, 0.3) is 0 Å². The fraction of sp³-hybridized carbons (Fsp3) is 0.222. The minimum Gasteiger partial charge on any atom is -0.325 e. The summed E-state index contributed by atoms with van der Waals surface area (Å²) in [4.78, 5) is 24.1. The maximum atomic E-state index is 12.6. The van der Waals surface area contributed by atoms with Crippen LogP contribution in [0.5, 0.6) is 0 Å². The Balaban J connectivity index is 1.88. The van der Waals surface area contributed by atoms with Crippen molar-refractivity contribution in [3.8, 4) is 0 Å². The summed E-state index contributed by atoms with van der Waals surface area (Å²) in [5.74, 6) is -1.29. The Morgan fingerprint density at radius 1 is 1.04 bits per heavy atom. The van der Waals surface area contributed by atoms with Crippen LogP contribution in [0.25, 0.3) is 11.0 Å². The average molecular weight is 373 g/mol. The highest BCUT2D eigenvalue weighted by Crippen LogP contribution is 2.19. The van der Waals surface area contributed by atoms with Crippen molar-refractivity contribution in [3.05, 3.63) is 58.5 Å². The van der Waals surface area contributed by atoms with Gasteiger partial charge in [0.05, 0.1) is 15.9 Å². The highest BCUT2D eigenvalue weighted by atomic mass is 32.2. The number of carbonyl (C=O) groups excluding carboxylic acids is 1. The van der Waals surface area contributed by atoms with Gasteiger partial charge in [-0.05, 0) is 42.8 Å². The molecule has 1 aromatic heterocycles. The van der Waals surface area contributed by atoms with Crippen LogP contribution in [0, 0.1) is 6.92 Å². The number of amides is 1. The molecule has 0 fully saturated rings. The quantitative estimate of drug-likeness (QED) is 0.752. The summed E-state index contributed by atoms with van der Waals surface area (Å²) in [7, 11) is -0.644. The highest BCUT2D eigenvalue weighted by Gasteiger charge is 2.21. The first-order chi connectivity index (χ1) is 12.2. The molecule has 3 rings (SSSR count). The Bertz CT molecular complexity index is 1170. The van der Waals surface area contributed by atoms with Gasteiger partial charge >= 0.3 is 5.69 Å². The number of rotatable bonds is 4. The largest absolute Gasteiger partial charge is 0.328 e. The third kappa shape index (κ3) is 3.28. The Morgan fingerprint density at radius 2 is 1.73 bits per heavy atom. The molecule has 26 heavy (non-hydrogen) atoms. The molecular weight excluding hydrogens is 354 g/mol. The standard InChI is InChI=1S/C18H19N3O4S/c1-12-5-4-6-13(9-12)19-17(22)11-26(24,25)14-7-8-15-16(10-14)21(3)18(23)20(15)2/h4-10H,11H2,1-3H3,(H,19,22). The number of hydrogen-bond donors (Lipinski definition) is 1. The van der Waals surface area contributed by atoms with Gasteiger partial charge in [-0.1, -0.05) is 12.1 Å². The molecule has 0 saturated heterocycles. The molecule has 0 bridgehead atoms. The lowest BCUT2D eigenvalue weighted by Gasteiger charge is -2.08. The zero-order valence-electron chi connectivity index (χ0n) is 14.7. The molecule has 2 aromatic carbocycles. The number of hydrogen-bond acceptors (Lipinski definition) is 4. The molecule has 3 aromatic rings. The molecule has 0 unspecified atom stereocenters. The molecule has 0 aliphatic carbocycles. The van der Waals surface area contributed by atoms with Gasteiger partial charge in [0, 0.05) is 19.8 Å². The average Bonchev–Trinajstić information content (AvgIpc) is 2.78. The molecule has 0 saturated carbocycles. The molecule has 0 atom stereocenters. The van der Waals surface area contributed by atoms with E-state index >= 15 is 0 Å². The van der Waals surface area contributed by atoms with E-state index in [9.17, 15) is 18.0 Å². The second kappa shape index (κ2) is 6.45. The van der Waals surface area contributed by atoms with E-state index in [1.165, 1.54) is 21.3 Å². The van der Waals surface area contributed by atoms with Crippen LogP contribution < -0.4 is 11.0 Å². The fourth-order valence-electron chi connectivity index (χ4n) is 2.86. The lowest BCUT2D eigenvalue weighted by molar-refractivity contribution is -0.113. The zero-order valence-corrected chi connectivity index (χ0v) is 15.5. The first-order valence-corrected chi connectivity index (χ1v) is 9.59. The van der Waals surface area contributed by atoms with E-state index in [1.807, 2.05) is 13.0 Å². The third-order valence-electron chi connectivity index (χ3n) is 4.23. The maximum absolute atomic E-state index is 12.6. The van der Waals surface area contributed by atoms with E-state index in [2.05, 4.69) is 5.32 Å². The van der Waals surface area contributed by atoms with Gasteiger partial charge in [0.15, 0.2) is 9.84 Å². The summed E-state index contributed by atoms with van der Waals surface area (Å²) in [5, 5.41) is 2.59. The first-order valence-electron chi connectivity index (χ1n) is 7.94. The lowest BCUT2D eigenvalue weighted by Crippen LogP contribution is -2.23. The van der Waals surface area contributed by atoms with E-state index in [0.717, 1.165) is 5.56 Å². The SMILES string of the molecule is Cc1cccc(NC(=O)CS(=O)(=O)c2ccc3c(c2)n(C)c(=O)n3C)c1. The number of anilines is 1. The lowest BCUT2D eigenvalue weighted by atomic mass is 10.2. The molecule has 0 aliphatic heterocycles. The number of aryl methyl sites for hydroxylation is 3. The van der Waals surface area contributed by atoms with Gasteiger partial charge in [-0.3, -0.25) is 13.9 Å². The van der Waals surface area contributed by atoms with Gasteiger partial charge < -0.3 is 5.32 Å². The molecule has 136 valence electrons. The van der Waals surface area contributed by atoms with E-state index in [4.69, 9.17) is 0 Å². The van der Waals surface area contributed by atoms with Gasteiger partial charge in [0.1, 0.15) is 5.75 Å². The molecule has 1 N–H and O–H groups in total. The first kappa shape index (κ1) is 17.9. The Kier molecular flexibility index (Phi) is 4.45. The maximum Gasteiger partial charge on any atom is 0.328 e. The summed E-state index contributed by atoms with van der Waals surface area (Å²) >= 11 is 0. The number of fused-ring (bicyclic) bond motifs is 1. The minimum atomic E-state index is -3.84. The van der Waals surface area contributed by atoms with Gasteiger partial charge in [-0.25, -0.2) is 13.2 Å². The summed E-state index contributed by atoms with van der Waals surface area (Å²) < 4.78 is 28.0. The van der Waals surface area contributed by atoms with E-state index in [1.54, 1.807) is 38.4 Å². The number of nitrogens with zero attached hydrogens (tertiary/aromatic N) is 2. The molecule has 0 radical (unpaired) electrons. The predicted octanol–water partition coefficient (Wildman–Crippen LogP) is 1.60. The van der Waals surface area contributed by atoms with Crippen LogP contribution in [0.2, 0.25) is 0 Å². The second-order valence-electron chi connectivity index (χ2n) is 6.23. The van der Waals surface area contributed by atoms with Crippen molar-refractivity contribution < 1.29 is 13.2 Å². The monoisotopic (exact) mass is 373 g/mol. The smallest absolute Gasteiger partial charge is 0.325 e. The number of benzene rings is 2. The number of nitrogens with one attached hydrogen (secondary N) is 1. The fourth-order valence-corrected chi connectivity index (χ4v) is 4.01. The van der Waals surface area contributed by atoms with Gasteiger partial charge in [-0.15, -0.1) is 0 Å². The van der Waals surface area contributed by atoms with Crippen molar-refractivity contribution in [1.29, 1.82) is 0 Å². The molecule has 1 amide bonds. The summed E-state index contributed by atoms with van der Waals surface area (Å²) in [5.41, 5.74) is 2.39. The van der Waals surface area contributed by atoms with Crippen LogP contribution in [0.15, 0.2) is 52.2 Å². The number of imidazole rings is 1. The number of carbonyl (C=O) groups is 1. The van der Waals surface area contributed by atoms with Crippen molar-refractivity contribution in [2.75, 3.05) is 11.1 Å². The van der Waals surface area contributed by atoms with Crippen LogP contribution in [0.1, 0.15) is 5.56 Å². The second-order valence-corrected chi connectivity index (χ2v) is 8.22. The van der Waals surface area contributed by atoms with Crippen LogP contribution >= 0.6 is 0 Å². The molecule has 0 spiro atoms. The zero-order chi connectivity index (χ0) is 19.1. The Hall–Kier alpha value is -2.87. The molecular formula is C18H19N3O4S. The van der Waals surface area contributed by atoms with Crippen molar-refractivity contribution in [3.63, 3.8) is 0 Å². The Morgan fingerprint density at radius 3 is 2.42 bits per heavy atom. The predicted molar refractivity (Wildman–Crippen MR) is 100 cm³/mol. The van der Waals surface area contributed by atoms with Crippen molar-refractivity contribution in [2.45, 2.75) is 11.8 Å². The van der Waals surface area contributed by atoms with E-state index in [0.29, 0.717) is 16.7 Å². The summed E-state index contributed by atoms with van der Waals surface area (Å²) in [6, 6.07) is 11.5. The van der Waals surface area contributed by atoms with Crippen LogP contribution in [0.3, 0.4) is 0 Å². The molecule has 7 nitrogen and oxygen atoms in total. The van der Waals surface area contributed by atoms with Crippen LogP contribution in [0.4, 0.5) is 5.69 Å². The van der Waals surface area contributed by atoms with Gasteiger partial charge in [-0.2, -0.15) is 0 Å². The minimum absolute atomic E-state index is 0.00518. The van der Waals surface area contributed by atoms with Crippen molar-refractivity contribution in [2.24, 2.45) is 14.1 Å². The van der Waals surface area contributed by atoms with Crippen molar-refractivity contribution in [1.82, 2.24) is 9.13 Å². The van der Waals surface area contributed by atoms with E-state index in [-0.39, 0.29) is 10.6 Å². The topological polar surface area (TPSA) is 90.2 Å². The number of sulfone groups is 1. The van der Waals surface area contributed by atoms with Crippen LogP contribution in [-0.2, 0) is 28.7 Å². The third-order valence-corrected chi connectivity index (χ3v) is 5.84. The molecule has 8 heteroatoms. The van der Waals surface area contributed by atoms with E-state index < -0.39 is 21.5 Å². The summed E-state index contributed by atoms with van der Waals surface area (Å²) in [6.07, 6.45) is 0. The summed E-state index contributed by atoms with van der Waals surface area (Å²) in [6.45, 7) is 1.88. The normalized spacial score (nSPS) is 11.7. The van der Waals surface area contributed by atoms with Gasteiger partial charge in [0.2, 0.25) is 5.91 Å².